The van der Waals surface area contributed by atoms with Gasteiger partial charge in [-0.3, -0.25) is 5.10 Å². The van der Waals surface area contributed by atoms with Crippen molar-refractivity contribution in [1.29, 1.82) is 0 Å². The molecule has 5 nitrogen and oxygen atoms in total. The maximum Gasteiger partial charge on any atom is 0.216 e. The average Bonchev–Trinajstić information content (AvgIpc) is 3.09. The Kier molecular flexibility index (Phi) is 2.68. The molecule has 1 saturated carbocycles. The molecular weight excluding hydrogens is 216 g/mol. The van der Waals surface area contributed by atoms with Gasteiger partial charge in [-0.2, -0.15) is 5.10 Å². The highest BCUT2D eigenvalue weighted by atomic mass is 16.3. The van der Waals surface area contributed by atoms with E-state index in [-0.39, 0.29) is 0 Å². The van der Waals surface area contributed by atoms with Crippen molar-refractivity contribution in [3.05, 3.63) is 23.7 Å². The van der Waals surface area contributed by atoms with Gasteiger partial charge in [0.2, 0.25) is 5.82 Å². The Morgan fingerprint density at radius 3 is 2.88 bits per heavy atom. The van der Waals surface area contributed by atoms with Crippen molar-refractivity contribution in [3.8, 4) is 11.6 Å². The van der Waals surface area contributed by atoms with Crippen molar-refractivity contribution < 1.29 is 4.42 Å². The highest BCUT2D eigenvalue weighted by Gasteiger charge is 2.21. The molecule has 0 amide bonds. The van der Waals surface area contributed by atoms with Gasteiger partial charge in [0.1, 0.15) is 11.6 Å². The number of nitrogens with one attached hydrogen (secondary N) is 1. The molecule has 0 atom stereocenters. The lowest BCUT2D eigenvalue weighted by Gasteiger charge is -2.01. The van der Waals surface area contributed by atoms with Gasteiger partial charge in [-0.1, -0.05) is 12.8 Å². The molecule has 1 aliphatic rings. The van der Waals surface area contributed by atoms with E-state index in [9.17, 15) is 0 Å². The summed E-state index contributed by atoms with van der Waals surface area (Å²) in [6.45, 7) is 0.403. The molecule has 2 aromatic rings. The van der Waals surface area contributed by atoms with E-state index in [1.54, 1.807) is 0 Å². The van der Waals surface area contributed by atoms with Crippen molar-refractivity contribution in [2.75, 3.05) is 0 Å². The van der Waals surface area contributed by atoms with Crippen LogP contribution in [0.15, 0.2) is 16.5 Å². The van der Waals surface area contributed by atoms with Gasteiger partial charge >= 0.3 is 0 Å². The van der Waals surface area contributed by atoms with Crippen LogP contribution >= 0.6 is 0 Å². The molecule has 2 heterocycles. The molecule has 0 aliphatic heterocycles. The molecule has 0 unspecified atom stereocenters. The molecule has 1 aliphatic carbocycles. The molecule has 0 radical (unpaired) electrons. The quantitative estimate of drug-likeness (QED) is 0.849. The van der Waals surface area contributed by atoms with Crippen molar-refractivity contribution in [2.24, 2.45) is 5.73 Å². The summed E-state index contributed by atoms with van der Waals surface area (Å²) in [7, 11) is 0. The summed E-state index contributed by atoms with van der Waals surface area (Å²) in [4.78, 5) is 4.51. The van der Waals surface area contributed by atoms with Crippen LogP contribution in [0.1, 0.15) is 43.2 Å². The fraction of sp³-hybridized carbons (Fsp3) is 0.500. The van der Waals surface area contributed by atoms with Gasteiger partial charge < -0.3 is 10.2 Å². The van der Waals surface area contributed by atoms with E-state index in [0.29, 0.717) is 24.0 Å². The fourth-order valence-electron chi connectivity index (χ4n) is 2.37. The topological polar surface area (TPSA) is 80.7 Å². The van der Waals surface area contributed by atoms with Crippen LogP contribution in [0.5, 0.6) is 0 Å². The largest absolute Gasteiger partial charge is 0.456 e. The summed E-state index contributed by atoms with van der Waals surface area (Å²) in [5.74, 6) is 3.60. The molecule has 1 fully saturated rings. The predicted molar refractivity (Wildman–Crippen MR) is 63.2 cm³/mol. The van der Waals surface area contributed by atoms with Crippen molar-refractivity contribution in [1.82, 2.24) is 15.2 Å². The normalized spacial score (nSPS) is 16.8. The molecule has 90 valence electrons. The van der Waals surface area contributed by atoms with Gasteiger partial charge in [-0.15, -0.1) is 0 Å². The Morgan fingerprint density at radius 2 is 2.18 bits per heavy atom. The summed E-state index contributed by atoms with van der Waals surface area (Å²) in [5, 5.41) is 7.23. The third-order valence-corrected chi connectivity index (χ3v) is 3.33. The fourth-order valence-corrected chi connectivity index (χ4v) is 2.37. The van der Waals surface area contributed by atoms with Gasteiger partial charge in [0.25, 0.3) is 0 Å². The van der Waals surface area contributed by atoms with E-state index in [1.807, 2.05) is 12.1 Å². The molecule has 0 aromatic carbocycles. The molecule has 3 rings (SSSR count). The van der Waals surface area contributed by atoms with E-state index >= 15 is 0 Å². The zero-order valence-electron chi connectivity index (χ0n) is 9.65. The lowest BCUT2D eigenvalue weighted by Crippen LogP contribution is -1.94. The van der Waals surface area contributed by atoms with Crippen LogP contribution < -0.4 is 5.73 Å². The van der Waals surface area contributed by atoms with Crippen molar-refractivity contribution >= 4 is 0 Å². The second-order valence-corrected chi connectivity index (χ2v) is 4.50. The third-order valence-electron chi connectivity index (χ3n) is 3.33. The van der Waals surface area contributed by atoms with Gasteiger partial charge in [0, 0.05) is 5.92 Å². The van der Waals surface area contributed by atoms with E-state index < -0.39 is 0 Å². The van der Waals surface area contributed by atoms with Gasteiger partial charge in [0.05, 0.1) is 6.54 Å². The Morgan fingerprint density at radius 1 is 1.35 bits per heavy atom. The second-order valence-electron chi connectivity index (χ2n) is 4.50. The Hall–Kier alpha value is -1.62. The van der Waals surface area contributed by atoms with Crippen LogP contribution in [0.4, 0.5) is 0 Å². The molecule has 5 heteroatoms. The van der Waals surface area contributed by atoms with Crippen molar-refractivity contribution in [2.45, 2.75) is 38.1 Å². The van der Waals surface area contributed by atoms with Crippen LogP contribution in [0.2, 0.25) is 0 Å². The minimum absolute atomic E-state index is 0.403. The lowest BCUT2D eigenvalue weighted by molar-refractivity contribution is 0.522. The summed E-state index contributed by atoms with van der Waals surface area (Å²) in [5.41, 5.74) is 5.50. The molecular formula is C12H16N4O. The van der Waals surface area contributed by atoms with E-state index in [0.717, 1.165) is 11.6 Å². The zero-order valence-corrected chi connectivity index (χ0v) is 9.65. The summed E-state index contributed by atoms with van der Waals surface area (Å²) in [6, 6.07) is 3.73. The minimum atomic E-state index is 0.403. The highest BCUT2D eigenvalue weighted by Crippen LogP contribution is 2.32. The monoisotopic (exact) mass is 232 g/mol. The first-order valence-electron chi connectivity index (χ1n) is 6.08. The minimum Gasteiger partial charge on any atom is -0.456 e. The number of nitrogens with two attached hydrogens (primary N) is 1. The predicted octanol–water partition coefficient (Wildman–Crippen LogP) is 2.18. The number of rotatable bonds is 3. The van der Waals surface area contributed by atoms with Gasteiger partial charge in [0.15, 0.2) is 5.76 Å². The van der Waals surface area contributed by atoms with Crippen LogP contribution in [0.3, 0.4) is 0 Å². The number of aromatic amines is 1. The molecule has 17 heavy (non-hydrogen) atoms. The second kappa shape index (κ2) is 4.33. The Balaban J connectivity index is 1.83. The SMILES string of the molecule is NCc1ccc(-c2n[nH]c(C3CCCC3)n2)o1. The molecule has 0 bridgehead atoms. The van der Waals surface area contributed by atoms with Crippen LogP contribution in [-0.2, 0) is 6.54 Å². The van der Waals surface area contributed by atoms with E-state index in [1.165, 1.54) is 25.7 Å². The van der Waals surface area contributed by atoms with Gasteiger partial charge in [-0.25, -0.2) is 4.98 Å². The summed E-state index contributed by atoms with van der Waals surface area (Å²) in [6.07, 6.45) is 5.00. The maximum absolute atomic E-state index is 5.52. The average molecular weight is 232 g/mol. The highest BCUT2D eigenvalue weighted by molar-refractivity contribution is 5.46. The number of hydrogen-bond donors (Lipinski definition) is 2. The van der Waals surface area contributed by atoms with Crippen molar-refractivity contribution in [3.63, 3.8) is 0 Å². The standard InChI is InChI=1S/C12H16N4O/c13-7-9-5-6-10(17-9)12-14-11(15-16-12)8-3-1-2-4-8/h5-6,8H,1-4,7,13H2,(H,14,15,16). The number of nitrogens with zero attached hydrogens (tertiary/aromatic N) is 2. The number of aromatic nitrogens is 3. The van der Waals surface area contributed by atoms with Crippen LogP contribution in [0.25, 0.3) is 11.6 Å². The molecule has 0 spiro atoms. The van der Waals surface area contributed by atoms with E-state index in [2.05, 4.69) is 15.2 Å². The summed E-state index contributed by atoms with van der Waals surface area (Å²) >= 11 is 0. The Labute approximate surface area is 99.4 Å². The first-order chi connectivity index (χ1) is 8.36. The first kappa shape index (κ1) is 10.5. The number of hydrogen-bond acceptors (Lipinski definition) is 4. The van der Waals surface area contributed by atoms with Crippen LogP contribution in [0, 0.1) is 0 Å². The smallest absolute Gasteiger partial charge is 0.216 e. The summed E-state index contributed by atoms with van der Waals surface area (Å²) < 4.78 is 5.52. The lowest BCUT2D eigenvalue weighted by atomic mass is 10.1. The number of H-pyrrole nitrogens is 1. The molecule has 3 N–H and O–H groups in total. The van der Waals surface area contributed by atoms with Gasteiger partial charge in [-0.05, 0) is 25.0 Å². The molecule has 0 saturated heterocycles. The van der Waals surface area contributed by atoms with E-state index in [4.69, 9.17) is 10.2 Å². The third kappa shape index (κ3) is 1.98. The zero-order chi connectivity index (χ0) is 11.7. The maximum atomic E-state index is 5.52. The molecule has 2 aromatic heterocycles. The van der Waals surface area contributed by atoms with Crippen LogP contribution in [-0.4, -0.2) is 15.2 Å². The Bertz CT molecular complexity index is 496. The number of furan rings is 1. The first-order valence-corrected chi connectivity index (χ1v) is 6.08.